The fourth-order valence-electron chi connectivity index (χ4n) is 1.65. The summed E-state index contributed by atoms with van der Waals surface area (Å²) in [6.45, 7) is 2.16. The summed E-state index contributed by atoms with van der Waals surface area (Å²) < 4.78 is 0. The summed E-state index contributed by atoms with van der Waals surface area (Å²) in [6.07, 6.45) is 0.0554. The minimum atomic E-state index is -0.850. The number of nitrogens with zero attached hydrogens (tertiary/aromatic N) is 1. The van der Waals surface area contributed by atoms with E-state index in [1.807, 2.05) is 31.1 Å². The van der Waals surface area contributed by atoms with E-state index in [1.54, 1.807) is 19.1 Å². The number of benzene rings is 1. The Labute approximate surface area is 113 Å². The predicted octanol–water partition coefficient (Wildman–Crippen LogP) is 1.59. The van der Waals surface area contributed by atoms with Gasteiger partial charge in [-0.2, -0.15) is 0 Å². The second kappa shape index (κ2) is 6.78. The molecule has 1 aromatic carbocycles. The molecule has 0 aliphatic carbocycles. The third-order valence-electron chi connectivity index (χ3n) is 2.78. The average molecular weight is 264 g/mol. The number of anilines is 1. The lowest BCUT2D eigenvalue weighted by Gasteiger charge is -2.13. The first kappa shape index (κ1) is 15.0. The third-order valence-corrected chi connectivity index (χ3v) is 2.78. The highest BCUT2D eigenvalue weighted by molar-refractivity contribution is 5.94. The van der Waals surface area contributed by atoms with Crippen LogP contribution in [0.25, 0.3) is 0 Å². The Bertz CT molecular complexity index is 441. The first-order valence-corrected chi connectivity index (χ1v) is 6.17. The summed E-state index contributed by atoms with van der Waals surface area (Å²) in [5.41, 5.74) is 1.60. The Morgan fingerprint density at radius 3 is 2.32 bits per heavy atom. The monoisotopic (exact) mass is 264 g/mol. The van der Waals surface area contributed by atoms with Gasteiger partial charge < -0.3 is 15.3 Å². The number of amides is 1. The van der Waals surface area contributed by atoms with Gasteiger partial charge in [-0.15, -0.1) is 0 Å². The van der Waals surface area contributed by atoms with Crippen molar-refractivity contribution in [2.75, 3.05) is 25.5 Å². The average Bonchev–Trinajstić information content (AvgIpc) is 2.35. The second-order valence-corrected chi connectivity index (χ2v) is 4.85. The number of aliphatic carboxylic acids is 1. The van der Waals surface area contributed by atoms with Gasteiger partial charge in [0.1, 0.15) is 0 Å². The first-order valence-electron chi connectivity index (χ1n) is 6.17. The number of rotatable bonds is 6. The summed E-state index contributed by atoms with van der Waals surface area (Å²) in [5.74, 6) is -1.11. The van der Waals surface area contributed by atoms with Gasteiger partial charge in [-0.3, -0.25) is 9.59 Å². The van der Waals surface area contributed by atoms with Gasteiger partial charge in [-0.1, -0.05) is 6.92 Å². The molecule has 104 valence electrons. The molecule has 0 saturated heterocycles. The zero-order valence-electron chi connectivity index (χ0n) is 11.5. The second-order valence-electron chi connectivity index (χ2n) is 4.85. The molecule has 1 atom stereocenters. The van der Waals surface area contributed by atoms with Crippen LogP contribution in [0.1, 0.15) is 23.7 Å². The van der Waals surface area contributed by atoms with Crippen molar-refractivity contribution in [1.29, 1.82) is 0 Å². The first-order chi connectivity index (χ1) is 8.90. The molecule has 0 aliphatic heterocycles. The molecule has 1 aromatic rings. The van der Waals surface area contributed by atoms with Crippen LogP contribution in [0.15, 0.2) is 24.3 Å². The number of nitrogens with one attached hydrogen (secondary N) is 1. The number of carboxylic acids is 1. The quantitative estimate of drug-likeness (QED) is 0.818. The molecule has 0 saturated carbocycles. The minimum absolute atomic E-state index is 0.0554. The van der Waals surface area contributed by atoms with E-state index in [-0.39, 0.29) is 18.2 Å². The number of carbonyl (C=O) groups is 2. The predicted molar refractivity (Wildman–Crippen MR) is 74.5 cm³/mol. The van der Waals surface area contributed by atoms with E-state index in [0.29, 0.717) is 12.1 Å². The van der Waals surface area contributed by atoms with Crippen LogP contribution in [0.4, 0.5) is 5.69 Å². The molecule has 19 heavy (non-hydrogen) atoms. The van der Waals surface area contributed by atoms with Gasteiger partial charge >= 0.3 is 5.97 Å². The molecule has 0 heterocycles. The maximum absolute atomic E-state index is 11.8. The Morgan fingerprint density at radius 2 is 1.84 bits per heavy atom. The van der Waals surface area contributed by atoms with E-state index >= 15 is 0 Å². The standard InChI is InChI=1S/C14H20N2O3/c1-10(8-13(17)18)9-15-14(19)11-4-6-12(7-5-11)16(2)3/h4-7,10H,8-9H2,1-3H3,(H,15,19)(H,17,18). The third kappa shape index (κ3) is 4.99. The van der Waals surface area contributed by atoms with Gasteiger partial charge in [0.05, 0.1) is 0 Å². The van der Waals surface area contributed by atoms with Crippen LogP contribution in [0, 0.1) is 5.92 Å². The van der Waals surface area contributed by atoms with Gasteiger partial charge in [-0.05, 0) is 30.2 Å². The van der Waals surface area contributed by atoms with Crippen LogP contribution in [0.2, 0.25) is 0 Å². The van der Waals surface area contributed by atoms with Crippen LogP contribution in [-0.4, -0.2) is 37.6 Å². The van der Waals surface area contributed by atoms with Crippen molar-refractivity contribution < 1.29 is 14.7 Å². The Balaban J connectivity index is 2.51. The number of carboxylic acid groups (broad SMARTS) is 1. The highest BCUT2D eigenvalue weighted by Gasteiger charge is 2.10. The molecule has 0 aromatic heterocycles. The molecule has 1 unspecified atom stereocenters. The van der Waals surface area contributed by atoms with E-state index in [1.165, 1.54) is 0 Å². The maximum Gasteiger partial charge on any atom is 0.303 e. The zero-order chi connectivity index (χ0) is 14.4. The molecule has 2 N–H and O–H groups in total. The maximum atomic E-state index is 11.8. The molecule has 5 heteroatoms. The van der Waals surface area contributed by atoms with Crippen LogP contribution in [-0.2, 0) is 4.79 Å². The Hall–Kier alpha value is -2.04. The van der Waals surface area contributed by atoms with E-state index in [0.717, 1.165) is 5.69 Å². The molecule has 0 fully saturated rings. The minimum Gasteiger partial charge on any atom is -0.481 e. The molecule has 0 spiro atoms. The van der Waals surface area contributed by atoms with Crippen molar-refractivity contribution >= 4 is 17.6 Å². The normalized spacial score (nSPS) is 11.7. The van der Waals surface area contributed by atoms with Crippen molar-refractivity contribution in [2.45, 2.75) is 13.3 Å². The molecule has 1 amide bonds. The van der Waals surface area contributed by atoms with Crippen LogP contribution in [0.5, 0.6) is 0 Å². The van der Waals surface area contributed by atoms with Gasteiger partial charge in [0.2, 0.25) is 0 Å². The fraction of sp³-hybridized carbons (Fsp3) is 0.429. The van der Waals surface area contributed by atoms with Crippen molar-refractivity contribution in [3.8, 4) is 0 Å². The fourth-order valence-corrected chi connectivity index (χ4v) is 1.65. The highest BCUT2D eigenvalue weighted by atomic mass is 16.4. The number of carbonyl (C=O) groups excluding carboxylic acids is 1. The van der Waals surface area contributed by atoms with Gasteiger partial charge in [0.15, 0.2) is 0 Å². The van der Waals surface area contributed by atoms with Crippen LogP contribution >= 0.6 is 0 Å². The van der Waals surface area contributed by atoms with Crippen molar-refractivity contribution in [3.05, 3.63) is 29.8 Å². The molecular formula is C14H20N2O3. The zero-order valence-corrected chi connectivity index (χ0v) is 11.5. The van der Waals surface area contributed by atoms with Gasteiger partial charge in [0, 0.05) is 38.3 Å². The topological polar surface area (TPSA) is 69.6 Å². The number of hydrogen-bond donors (Lipinski definition) is 2. The highest BCUT2D eigenvalue weighted by Crippen LogP contribution is 2.12. The molecule has 0 bridgehead atoms. The van der Waals surface area contributed by atoms with Gasteiger partial charge in [-0.25, -0.2) is 0 Å². The van der Waals surface area contributed by atoms with Crippen LogP contribution in [0.3, 0.4) is 0 Å². The molecular weight excluding hydrogens is 244 g/mol. The number of hydrogen-bond acceptors (Lipinski definition) is 3. The lowest BCUT2D eigenvalue weighted by molar-refractivity contribution is -0.137. The van der Waals surface area contributed by atoms with Crippen molar-refractivity contribution in [3.63, 3.8) is 0 Å². The van der Waals surface area contributed by atoms with Crippen LogP contribution < -0.4 is 10.2 Å². The SMILES string of the molecule is CC(CNC(=O)c1ccc(N(C)C)cc1)CC(=O)O. The largest absolute Gasteiger partial charge is 0.481 e. The molecule has 5 nitrogen and oxygen atoms in total. The van der Waals surface area contributed by atoms with E-state index in [9.17, 15) is 9.59 Å². The summed E-state index contributed by atoms with van der Waals surface area (Å²) in [5, 5.41) is 11.4. The summed E-state index contributed by atoms with van der Waals surface area (Å²) in [7, 11) is 3.87. The summed E-state index contributed by atoms with van der Waals surface area (Å²) in [6, 6.07) is 7.25. The Morgan fingerprint density at radius 1 is 1.26 bits per heavy atom. The lowest BCUT2D eigenvalue weighted by Crippen LogP contribution is -2.29. The summed E-state index contributed by atoms with van der Waals surface area (Å²) >= 11 is 0. The van der Waals surface area contributed by atoms with Crippen molar-refractivity contribution in [1.82, 2.24) is 5.32 Å². The Kier molecular flexibility index (Phi) is 5.36. The summed E-state index contributed by atoms with van der Waals surface area (Å²) in [4.78, 5) is 24.3. The van der Waals surface area contributed by atoms with E-state index in [4.69, 9.17) is 5.11 Å². The molecule has 1 rings (SSSR count). The smallest absolute Gasteiger partial charge is 0.303 e. The molecule has 0 radical (unpaired) electrons. The van der Waals surface area contributed by atoms with Crippen molar-refractivity contribution in [2.24, 2.45) is 5.92 Å². The van der Waals surface area contributed by atoms with E-state index < -0.39 is 5.97 Å². The lowest BCUT2D eigenvalue weighted by atomic mass is 10.1. The van der Waals surface area contributed by atoms with E-state index in [2.05, 4.69) is 5.32 Å². The van der Waals surface area contributed by atoms with Gasteiger partial charge in [0.25, 0.3) is 5.91 Å². The molecule has 0 aliphatic rings.